The van der Waals surface area contributed by atoms with Crippen molar-refractivity contribution in [2.45, 2.75) is 4.90 Å². The van der Waals surface area contributed by atoms with Crippen LogP contribution in [0.3, 0.4) is 0 Å². The summed E-state index contributed by atoms with van der Waals surface area (Å²) in [6.07, 6.45) is 3.79. The summed E-state index contributed by atoms with van der Waals surface area (Å²) in [6, 6.07) is 10.5. The molecule has 0 spiro atoms. The number of sulfonamides is 1. The van der Waals surface area contributed by atoms with Gasteiger partial charge in [-0.3, -0.25) is 0 Å². The summed E-state index contributed by atoms with van der Waals surface area (Å²) in [5.74, 6) is 0.469. The highest BCUT2D eigenvalue weighted by Crippen LogP contribution is 2.32. The lowest BCUT2D eigenvalue weighted by Gasteiger charge is -2.13. The lowest BCUT2D eigenvalue weighted by atomic mass is 10.1. The highest BCUT2D eigenvalue weighted by Gasteiger charge is 2.20. The van der Waals surface area contributed by atoms with Crippen molar-refractivity contribution >= 4 is 15.7 Å². The third-order valence-corrected chi connectivity index (χ3v) is 5.40. The van der Waals surface area contributed by atoms with Gasteiger partial charge in [0.15, 0.2) is 0 Å². The van der Waals surface area contributed by atoms with Crippen molar-refractivity contribution in [3.05, 3.63) is 48.8 Å². The zero-order valence-corrected chi connectivity index (χ0v) is 13.9. The summed E-state index contributed by atoms with van der Waals surface area (Å²) in [5.41, 5.74) is 2.28. The Morgan fingerprint density at radius 3 is 2.61 bits per heavy atom. The van der Waals surface area contributed by atoms with Gasteiger partial charge in [0.25, 0.3) is 0 Å². The van der Waals surface area contributed by atoms with Crippen molar-refractivity contribution in [1.29, 1.82) is 0 Å². The predicted octanol–water partition coefficient (Wildman–Crippen LogP) is 2.26. The summed E-state index contributed by atoms with van der Waals surface area (Å²) in [7, 11) is 1.00. The second-order valence-corrected chi connectivity index (χ2v) is 7.39. The molecule has 1 aromatic carbocycles. The minimum absolute atomic E-state index is 0.187. The van der Waals surface area contributed by atoms with Crippen LogP contribution in [0.2, 0.25) is 0 Å². The normalized spacial score (nSPS) is 12.0. The molecule has 0 saturated carbocycles. The SMILES string of the molecule is COc1cc(S(=O)(=O)N(C)C)ccc1-c1cn2ccccc2n1. The molecular weight excluding hydrogens is 314 g/mol. The van der Waals surface area contributed by atoms with Crippen molar-refractivity contribution < 1.29 is 13.2 Å². The van der Waals surface area contributed by atoms with Crippen LogP contribution in [0.1, 0.15) is 0 Å². The molecule has 3 aromatic rings. The molecule has 2 heterocycles. The van der Waals surface area contributed by atoms with Gasteiger partial charge >= 0.3 is 0 Å². The molecule has 0 N–H and O–H groups in total. The molecular formula is C16H17N3O3S. The number of fused-ring (bicyclic) bond motifs is 1. The van der Waals surface area contributed by atoms with E-state index in [1.165, 1.54) is 31.6 Å². The molecule has 6 nitrogen and oxygen atoms in total. The van der Waals surface area contributed by atoms with Crippen LogP contribution < -0.4 is 4.74 Å². The van der Waals surface area contributed by atoms with Crippen LogP contribution in [-0.2, 0) is 10.0 Å². The molecule has 3 rings (SSSR count). The maximum atomic E-state index is 12.2. The van der Waals surface area contributed by atoms with E-state index in [4.69, 9.17) is 4.74 Å². The van der Waals surface area contributed by atoms with Crippen LogP contribution >= 0.6 is 0 Å². The van der Waals surface area contributed by atoms with E-state index >= 15 is 0 Å². The van der Waals surface area contributed by atoms with E-state index in [2.05, 4.69) is 4.98 Å². The highest BCUT2D eigenvalue weighted by atomic mass is 32.2. The maximum absolute atomic E-state index is 12.2. The van der Waals surface area contributed by atoms with Gasteiger partial charge in [0.05, 0.1) is 17.7 Å². The fourth-order valence-electron chi connectivity index (χ4n) is 2.32. The molecule has 0 unspecified atom stereocenters. The fraction of sp³-hybridized carbons (Fsp3) is 0.188. The van der Waals surface area contributed by atoms with Gasteiger partial charge in [-0.25, -0.2) is 17.7 Å². The first-order valence-corrected chi connectivity index (χ1v) is 8.42. The van der Waals surface area contributed by atoms with Crippen LogP contribution in [0.15, 0.2) is 53.7 Å². The average Bonchev–Trinajstić information content (AvgIpc) is 2.97. The molecule has 0 amide bonds. The van der Waals surface area contributed by atoms with Crippen molar-refractivity contribution in [3.63, 3.8) is 0 Å². The number of benzene rings is 1. The number of rotatable bonds is 4. The van der Waals surface area contributed by atoms with E-state index in [0.717, 1.165) is 16.9 Å². The topological polar surface area (TPSA) is 63.9 Å². The van der Waals surface area contributed by atoms with Gasteiger partial charge in [-0.1, -0.05) is 6.07 Å². The van der Waals surface area contributed by atoms with E-state index in [9.17, 15) is 8.42 Å². The molecule has 23 heavy (non-hydrogen) atoms. The van der Waals surface area contributed by atoms with Crippen LogP contribution in [0.5, 0.6) is 5.75 Å². The van der Waals surface area contributed by atoms with Crippen LogP contribution in [0.4, 0.5) is 0 Å². The van der Waals surface area contributed by atoms with Crippen LogP contribution in [0, 0.1) is 0 Å². The Morgan fingerprint density at radius 1 is 1.17 bits per heavy atom. The molecule has 7 heteroatoms. The smallest absolute Gasteiger partial charge is 0.242 e. The minimum Gasteiger partial charge on any atom is -0.496 e. The third-order valence-electron chi connectivity index (χ3n) is 3.59. The Hall–Kier alpha value is -2.38. The zero-order valence-electron chi connectivity index (χ0n) is 13.1. The first-order valence-electron chi connectivity index (χ1n) is 6.98. The predicted molar refractivity (Wildman–Crippen MR) is 88.1 cm³/mol. The lowest BCUT2D eigenvalue weighted by Crippen LogP contribution is -2.22. The Balaban J connectivity index is 2.13. The van der Waals surface area contributed by atoms with Crippen molar-refractivity contribution in [2.75, 3.05) is 21.2 Å². The van der Waals surface area contributed by atoms with Crippen molar-refractivity contribution in [2.24, 2.45) is 0 Å². The van der Waals surface area contributed by atoms with E-state index in [0.29, 0.717) is 5.75 Å². The lowest BCUT2D eigenvalue weighted by molar-refractivity contribution is 0.414. The molecule has 0 atom stereocenters. The molecule has 0 aliphatic rings. The molecule has 0 aliphatic carbocycles. The molecule has 120 valence electrons. The quantitative estimate of drug-likeness (QED) is 0.736. The molecule has 0 radical (unpaired) electrons. The highest BCUT2D eigenvalue weighted by molar-refractivity contribution is 7.89. The van der Waals surface area contributed by atoms with Gasteiger partial charge in [0.2, 0.25) is 10.0 Å². The van der Waals surface area contributed by atoms with Gasteiger partial charge in [-0.05, 0) is 24.3 Å². The van der Waals surface area contributed by atoms with E-state index in [-0.39, 0.29) is 4.90 Å². The van der Waals surface area contributed by atoms with E-state index < -0.39 is 10.0 Å². The van der Waals surface area contributed by atoms with Crippen LogP contribution in [-0.4, -0.2) is 43.3 Å². The summed E-state index contributed by atoms with van der Waals surface area (Å²) in [5, 5.41) is 0. The molecule has 2 aromatic heterocycles. The molecule has 0 bridgehead atoms. The number of hydrogen-bond acceptors (Lipinski definition) is 4. The summed E-state index contributed by atoms with van der Waals surface area (Å²) in [6.45, 7) is 0. The fourth-order valence-corrected chi connectivity index (χ4v) is 3.24. The number of methoxy groups -OCH3 is 1. The first kappa shape index (κ1) is 15.5. The van der Waals surface area contributed by atoms with Gasteiger partial charge in [-0.2, -0.15) is 0 Å². The van der Waals surface area contributed by atoms with Crippen LogP contribution in [0.25, 0.3) is 16.9 Å². The summed E-state index contributed by atoms with van der Waals surface area (Å²) in [4.78, 5) is 4.73. The van der Waals surface area contributed by atoms with E-state index in [1.54, 1.807) is 12.1 Å². The summed E-state index contributed by atoms with van der Waals surface area (Å²) >= 11 is 0. The van der Waals surface area contributed by atoms with Crippen molar-refractivity contribution in [3.8, 4) is 17.0 Å². The number of nitrogens with zero attached hydrogens (tertiary/aromatic N) is 3. The second-order valence-electron chi connectivity index (χ2n) is 5.24. The zero-order chi connectivity index (χ0) is 16.6. The largest absolute Gasteiger partial charge is 0.496 e. The third kappa shape index (κ3) is 2.69. The number of aromatic nitrogens is 2. The summed E-state index contributed by atoms with van der Waals surface area (Å²) < 4.78 is 32.9. The van der Waals surface area contributed by atoms with Gasteiger partial charge in [0, 0.05) is 38.1 Å². The van der Waals surface area contributed by atoms with Gasteiger partial charge in [-0.15, -0.1) is 0 Å². The standard InChI is InChI=1S/C16H17N3O3S/c1-18(2)23(20,21)12-7-8-13(15(10-12)22-3)14-11-19-9-5-4-6-16(19)17-14/h4-11H,1-3H3. The minimum atomic E-state index is -3.51. The number of imidazole rings is 1. The maximum Gasteiger partial charge on any atom is 0.242 e. The first-order chi connectivity index (χ1) is 10.9. The Morgan fingerprint density at radius 2 is 1.96 bits per heavy atom. The Bertz CT molecular complexity index is 929. The number of hydrogen-bond donors (Lipinski definition) is 0. The average molecular weight is 331 g/mol. The molecule has 0 fully saturated rings. The van der Waals surface area contributed by atoms with Crippen molar-refractivity contribution in [1.82, 2.24) is 13.7 Å². The Kier molecular flexibility index (Phi) is 3.83. The second kappa shape index (κ2) is 5.68. The molecule has 0 aliphatic heterocycles. The Labute approximate surface area is 135 Å². The van der Waals surface area contributed by atoms with E-state index in [1.807, 2.05) is 35.0 Å². The number of ether oxygens (including phenoxy) is 1. The van der Waals surface area contributed by atoms with Gasteiger partial charge in [0.1, 0.15) is 11.4 Å². The molecule has 0 saturated heterocycles. The monoisotopic (exact) mass is 331 g/mol. The number of pyridine rings is 1. The van der Waals surface area contributed by atoms with Gasteiger partial charge < -0.3 is 9.14 Å².